The van der Waals surface area contributed by atoms with E-state index >= 15 is 0 Å². The highest BCUT2D eigenvalue weighted by Crippen LogP contribution is 2.31. The van der Waals surface area contributed by atoms with Gasteiger partial charge in [-0.05, 0) is 38.0 Å². The Bertz CT molecular complexity index is 770. The van der Waals surface area contributed by atoms with Crippen LogP contribution in [0.3, 0.4) is 0 Å². The van der Waals surface area contributed by atoms with Crippen LogP contribution in [0.5, 0.6) is 0 Å². The van der Waals surface area contributed by atoms with Gasteiger partial charge in [0, 0.05) is 11.7 Å². The van der Waals surface area contributed by atoms with E-state index in [9.17, 15) is 9.59 Å². The third-order valence-electron chi connectivity index (χ3n) is 4.69. The number of nitrogens with one attached hydrogen (secondary N) is 2. The Morgan fingerprint density at radius 1 is 1.25 bits per heavy atom. The van der Waals surface area contributed by atoms with E-state index in [1.807, 2.05) is 30.3 Å². The first kappa shape index (κ1) is 20.5. The third-order valence-corrected chi connectivity index (χ3v) is 5.60. The van der Waals surface area contributed by atoms with E-state index in [0.29, 0.717) is 29.1 Å². The van der Waals surface area contributed by atoms with Gasteiger partial charge in [0.05, 0.1) is 35.2 Å². The molecular weight excluding hydrogens is 374 g/mol. The van der Waals surface area contributed by atoms with E-state index in [1.54, 1.807) is 6.92 Å². The molecule has 150 valence electrons. The lowest BCUT2D eigenvalue weighted by molar-refractivity contribution is -0.142. The Morgan fingerprint density at radius 3 is 2.82 bits per heavy atom. The fourth-order valence-electron chi connectivity index (χ4n) is 3.38. The second kappa shape index (κ2) is 10.3. The highest BCUT2D eigenvalue weighted by atomic mass is 32.2. The van der Waals surface area contributed by atoms with Gasteiger partial charge in [-0.3, -0.25) is 9.59 Å². The van der Waals surface area contributed by atoms with Crippen molar-refractivity contribution in [2.75, 3.05) is 17.7 Å². The van der Waals surface area contributed by atoms with Crippen molar-refractivity contribution in [2.45, 2.75) is 51.5 Å². The normalized spacial score (nSPS) is 16.8. The summed E-state index contributed by atoms with van der Waals surface area (Å²) in [5, 5.41) is 7.10. The molecule has 0 unspecified atom stereocenters. The van der Waals surface area contributed by atoms with Crippen molar-refractivity contribution in [2.24, 2.45) is 4.99 Å². The fourth-order valence-corrected chi connectivity index (χ4v) is 4.13. The number of hydrogen-bond acceptors (Lipinski definition) is 6. The molecule has 1 fully saturated rings. The predicted molar refractivity (Wildman–Crippen MR) is 114 cm³/mol. The van der Waals surface area contributed by atoms with Gasteiger partial charge in [0.2, 0.25) is 5.91 Å². The van der Waals surface area contributed by atoms with Crippen LogP contribution in [0.25, 0.3) is 0 Å². The molecule has 2 N–H and O–H groups in total. The lowest BCUT2D eigenvalue weighted by atomic mass is 9.95. The molecule has 1 heterocycles. The number of carbonyl (C=O) groups excluding carboxylic acids is 2. The first-order chi connectivity index (χ1) is 13.6. The number of para-hydroxylation sites is 2. The number of thioether (sulfide) groups is 1. The number of rotatable bonds is 6. The highest BCUT2D eigenvalue weighted by Gasteiger charge is 2.18. The van der Waals surface area contributed by atoms with Crippen LogP contribution in [0.4, 0.5) is 11.4 Å². The standard InChI is InChI=1S/C21H27N3O3S/c1-2-27-21(26)13-16-12-20(24-18-11-7-6-10-17(18)22-16)28-14-19(25)23-15-8-4-3-5-9-15/h6-7,10-12,15,22H,2-5,8-9,13-14H2,1H3,(H,23,25). The van der Waals surface area contributed by atoms with Gasteiger partial charge in [-0.25, -0.2) is 4.99 Å². The summed E-state index contributed by atoms with van der Waals surface area (Å²) in [6.07, 6.45) is 7.74. The fraction of sp³-hybridized carbons (Fsp3) is 0.476. The maximum atomic E-state index is 12.3. The van der Waals surface area contributed by atoms with Crippen molar-refractivity contribution in [3.8, 4) is 0 Å². The number of amides is 1. The highest BCUT2D eigenvalue weighted by molar-refractivity contribution is 8.14. The molecule has 0 atom stereocenters. The van der Waals surface area contributed by atoms with Crippen molar-refractivity contribution in [1.29, 1.82) is 0 Å². The number of aliphatic imine (C=N–C) groups is 1. The van der Waals surface area contributed by atoms with Crippen LogP contribution >= 0.6 is 11.8 Å². The number of fused-ring (bicyclic) bond motifs is 1. The van der Waals surface area contributed by atoms with Crippen LogP contribution in [0, 0.1) is 0 Å². The lowest BCUT2D eigenvalue weighted by Crippen LogP contribution is -2.37. The number of ether oxygens (including phenoxy) is 1. The van der Waals surface area contributed by atoms with Crippen molar-refractivity contribution in [1.82, 2.24) is 5.32 Å². The van der Waals surface area contributed by atoms with Gasteiger partial charge in [0.15, 0.2) is 0 Å². The minimum absolute atomic E-state index is 0.0328. The van der Waals surface area contributed by atoms with Gasteiger partial charge in [0.25, 0.3) is 0 Å². The average Bonchev–Trinajstić information content (AvgIpc) is 2.86. The van der Waals surface area contributed by atoms with Crippen LogP contribution < -0.4 is 10.6 Å². The smallest absolute Gasteiger partial charge is 0.311 e. The molecule has 7 heteroatoms. The van der Waals surface area contributed by atoms with Crippen LogP contribution in [0.15, 0.2) is 41.0 Å². The lowest BCUT2D eigenvalue weighted by Gasteiger charge is -2.22. The minimum Gasteiger partial charge on any atom is -0.466 e. The van der Waals surface area contributed by atoms with Crippen LogP contribution in [-0.4, -0.2) is 35.3 Å². The van der Waals surface area contributed by atoms with Gasteiger partial charge in [0.1, 0.15) is 0 Å². The summed E-state index contributed by atoms with van der Waals surface area (Å²) < 4.78 is 5.06. The van der Waals surface area contributed by atoms with Crippen LogP contribution in [0.1, 0.15) is 45.4 Å². The largest absolute Gasteiger partial charge is 0.466 e. The maximum absolute atomic E-state index is 12.3. The second-order valence-corrected chi connectivity index (χ2v) is 7.93. The Labute approximate surface area is 170 Å². The molecule has 1 amide bonds. The molecule has 0 aromatic heterocycles. The Kier molecular flexibility index (Phi) is 7.54. The number of benzene rings is 1. The quantitative estimate of drug-likeness (QED) is 0.700. The molecule has 0 bridgehead atoms. The van der Waals surface area contributed by atoms with Gasteiger partial charge in [-0.1, -0.05) is 43.2 Å². The summed E-state index contributed by atoms with van der Waals surface area (Å²) >= 11 is 1.38. The topological polar surface area (TPSA) is 79.8 Å². The molecular formula is C21H27N3O3S. The molecule has 0 saturated heterocycles. The predicted octanol–water partition coefficient (Wildman–Crippen LogP) is 4.16. The molecule has 1 aliphatic carbocycles. The first-order valence-electron chi connectivity index (χ1n) is 9.87. The summed E-state index contributed by atoms with van der Waals surface area (Å²) in [5.74, 6) is 0.0474. The average molecular weight is 402 g/mol. The Hall–Kier alpha value is -2.28. The number of hydrogen-bond donors (Lipinski definition) is 2. The molecule has 28 heavy (non-hydrogen) atoms. The van der Waals surface area contributed by atoms with Crippen LogP contribution in [0.2, 0.25) is 0 Å². The molecule has 1 saturated carbocycles. The number of carbonyl (C=O) groups is 2. The number of nitrogens with zero attached hydrogens (tertiary/aromatic N) is 1. The summed E-state index contributed by atoms with van der Waals surface area (Å²) in [6.45, 7) is 2.13. The third kappa shape index (κ3) is 6.12. The molecule has 2 aliphatic rings. The second-order valence-electron chi connectivity index (χ2n) is 6.93. The molecule has 1 aromatic rings. The Morgan fingerprint density at radius 2 is 2.04 bits per heavy atom. The monoisotopic (exact) mass is 401 g/mol. The molecule has 1 aromatic carbocycles. The summed E-state index contributed by atoms with van der Waals surface area (Å²) in [4.78, 5) is 28.9. The molecule has 0 radical (unpaired) electrons. The summed E-state index contributed by atoms with van der Waals surface area (Å²) in [5.41, 5.74) is 2.33. The van der Waals surface area contributed by atoms with Gasteiger partial charge >= 0.3 is 5.97 Å². The minimum atomic E-state index is -0.292. The molecule has 0 spiro atoms. The van der Waals surface area contributed by atoms with Gasteiger partial charge < -0.3 is 15.4 Å². The van der Waals surface area contributed by atoms with E-state index in [4.69, 9.17) is 4.74 Å². The van der Waals surface area contributed by atoms with Gasteiger partial charge in [-0.2, -0.15) is 0 Å². The van der Waals surface area contributed by atoms with Crippen molar-refractivity contribution in [3.05, 3.63) is 36.0 Å². The van der Waals surface area contributed by atoms with E-state index in [-0.39, 0.29) is 18.3 Å². The Balaban J connectivity index is 1.66. The zero-order chi connectivity index (χ0) is 19.8. The van der Waals surface area contributed by atoms with E-state index < -0.39 is 0 Å². The van der Waals surface area contributed by atoms with Crippen molar-refractivity contribution >= 4 is 40.1 Å². The van der Waals surface area contributed by atoms with E-state index in [0.717, 1.165) is 24.2 Å². The molecule has 1 aliphatic heterocycles. The molecule has 6 nitrogen and oxygen atoms in total. The van der Waals surface area contributed by atoms with Gasteiger partial charge in [-0.15, -0.1) is 0 Å². The zero-order valence-electron chi connectivity index (χ0n) is 16.2. The van der Waals surface area contributed by atoms with Crippen LogP contribution in [-0.2, 0) is 14.3 Å². The summed E-state index contributed by atoms with van der Waals surface area (Å²) in [7, 11) is 0. The number of anilines is 1. The first-order valence-corrected chi connectivity index (χ1v) is 10.9. The number of esters is 1. The van der Waals surface area contributed by atoms with E-state index in [1.165, 1.54) is 31.0 Å². The zero-order valence-corrected chi connectivity index (χ0v) is 17.0. The van der Waals surface area contributed by atoms with Crippen molar-refractivity contribution < 1.29 is 14.3 Å². The summed E-state index contributed by atoms with van der Waals surface area (Å²) in [6, 6.07) is 7.96. The molecule has 3 rings (SSSR count). The van der Waals surface area contributed by atoms with E-state index in [2.05, 4.69) is 15.6 Å². The SMILES string of the molecule is CCOC(=O)CC1=CC(SCC(=O)NC2CCCCC2)=Nc2ccccc2N1. The maximum Gasteiger partial charge on any atom is 0.311 e. The van der Waals surface area contributed by atoms with Crippen molar-refractivity contribution in [3.63, 3.8) is 0 Å².